The Hall–Kier alpha value is 0.270. The van der Waals surface area contributed by atoms with E-state index >= 15 is 0 Å². The zero-order valence-corrected chi connectivity index (χ0v) is 10.2. The molecule has 2 atom stereocenters. The molecule has 0 aromatic rings. The van der Waals surface area contributed by atoms with Crippen LogP contribution < -0.4 is 5.32 Å². The van der Waals surface area contributed by atoms with E-state index in [1.807, 2.05) is 11.8 Å². The Morgan fingerprint density at radius 2 is 2.36 bits per heavy atom. The quantitative estimate of drug-likeness (QED) is 0.736. The predicted molar refractivity (Wildman–Crippen MR) is 64.0 cm³/mol. The molecule has 0 aliphatic carbocycles. The van der Waals surface area contributed by atoms with E-state index in [4.69, 9.17) is 4.74 Å². The van der Waals surface area contributed by atoms with Crippen molar-refractivity contribution >= 4 is 11.8 Å². The van der Waals surface area contributed by atoms with Crippen molar-refractivity contribution in [2.24, 2.45) is 5.92 Å². The molecule has 1 saturated heterocycles. The number of rotatable bonds is 6. The van der Waals surface area contributed by atoms with Gasteiger partial charge in [0.1, 0.15) is 0 Å². The Morgan fingerprint density at radius 3 is 3.07 bits per heavy atom. The summed E-state index contributed by atoms with van der Waals surface area (Å²) in [6.07, 6.45) is 5.90. The van der Waals surface area contributed by atoms with Gasteiger partial charge in [-0.2, -0.15) is 11.8 Å². The fraction of sp³-hybridized carbons (Fsp3) is 1.00. The van der Waals surface area contributed by atoms with Gasteiger partial charge in [-0.15, -0.1) is 0 Å². The lowest BCUT2D eigenvalue weighted by Gasteiger charge is -2.32. The molecule has 14 heavy (non-hydrogen) atoms. The van der Waals surface area contributed by atoms with Gasteiger partial charge in [-0.05, 0) is 43.7 Å². The molecule has 1 aliphatic rings. The summed E-state index contributed by atoms with van der Waals surface area (Å²) in [6, 6.07) is 0.704. The van der Waals surface area contributed by atoms with E-state index in [9.17, 15) is 0 Å². The van der Waals surface area contributed by atoms with Gasteiger partial charge in [-0.25, -0.2) is 0 Å². The minimum Gasteiger partial charge on any atom is -0.381 e. The monoisotopic (exact) mass is 217 g/mol. The summed E-state index contributed by atoms with van der Waals surface area (Å²) >= 11 is 1.94. The van der Waals surface area contributed by atoms with E-state index in [1.54, 1.807) is 0 Å². The van der Waals surface area contributed by atoms with Crippen LogP contribution in [0.3, 0.4) is 0 Å². The van der Waals surface area contributed by atoms with Crippen LogP contribution in [0.25, 0.3) is 0 Å². The molecule has 84 valence electrons. The number of nitrogens with one attached hydrogen (secondary N) is 1. The van der Waals surface area contributed by atoms with Crippen LogP contribution in [-0.2, 0) is 4.74 Å². The zero-order valence-electron chi connectivity index (χ0n) is 9.42. The zero-order chi connectivity index (χ0) is 10.2. The maximum Gasteiger partial charge on any atom is 0.0509 e. The summed E-state index contributed by atoms with van der Waals surface area (Å²) in [5.41, 5.74) is 0. The van der Waals surface area contributed by atoms with Crippen molar-refractivity contribution in [3.05, 3.63) is 0 Å². The molecule has 1 fully saturated rings. The first-order valence-electron chi connectivity index (χ1n) is 5.68. The largest absolute Gasteiger partial charge is 0.381 e. The molecule has 1 N–H and O–H groups in total. The second-order valence-electron chi connectivity index (χ2n) is 3.97. The van der Waals surface area contributed by atoms with E-state index < -0.39 is 0 Å². The van der Waals surface area contributed by atoms with E-state index in [0.29, 0.717) is 6.04 Å². The van der Waals surface area contributed by atoms with Gasteiger partial charge in [0.2, 0.25) is 0 Å². The van der Waals surface area contributed by atoms with Crippen molar-refractivity contribution in [3.8, 4) is 0 Å². The van der Waals surface area contributed by atoms with Crippen molar-refractivity contribution in [2.45, 2.75) is 32.2 Å². The normalized spacial score (nSPS) is 27.9. The van der Waals surface area contributed by atoms with Gasteiger partial charge in [0.15, 0.2) is 0 Å². The molecular weight excluding hydrogens is 194 g/mol. The molecule has 1 heterocycles. The first-order chi connectivity index (χ1) is 6.88. The van der Waals surface area contributed by atoms with E-state index in [0.717, 1.165) is 25.7 Å². The van der Waals surface area contributed by atoms with Gasteiger partial charge >= 0.3 is 0 Å². The molecule has 0 spiro atoms. The summed E-state index contributed by atoms with van der Waals surface area (Å²) in [7, 11) is 0. The van der Waals surface area contributed by atoms with Crippen LogP contribution in [-0.4, -0.2) is 37.8 Å². The van der Waals surface area contributed by atoms with Gasteiger partial charge in [-0.1, -0.05) is 6.92 Å². The minimum absolute atomic E-state index is 0.704. The maximum atomic E-state index is 5.54. The number of hydrogen-bond donors (Lipinski definition) is 1. The molecule has 2 unspecified atom stereocenters. The third kappa shape index (κ3) is 4.20. The SMILES string of the molecule is CCCNC1CCOCC1CCSC. The Morgan fingerprint density at radius 1 is 1.50 bits per heavy atom. The van der Waals surface area contributed by atoms with Gasteiger partial charge in [-0.3, -0.25) is 0 Å². The van der Waals surface area contributed by atoms with Crippen LogP contribution in [0.2, 0.25) is 0 Å². The average molecular weight is 217 g/mol. The van der Waals surface area contributed by atoms with Crippen LogP contribution in [0.4, 0.5) is 0 Å². The highest BCUT2D eigenvalue weighted by atomic mass is 32.2. The summed E-state index contributed by atoms with van der Waals surface area (Å²) in [5, 5.41) is 3.64. The highest BCUT2D eigenvalue weighted by molar-refractivity contribution is 7.98. The Balaban J connectivity index is 2.26. The Bertz CT molecular complexity index is 127. The van der Waals surface area contributed by atoms with Gasteiger partial charge < -0.3 is 10.1 Å². The fourth-order valence-corrected chi connectivity index (χ4v) is 2.49. The first-order valence-corrected chi connectivity index (χ1v) is 7.08. The predicted octanol–water partition coefficient (Wildman–Crippen LogP) is 2.14. The molecule has 0 bridgehead atoms. The van der Waals surface area contributed by atoms with Crippen LogP contribution in [0, 0.1) is 5.92 Å². The standard InChI is InChI=1S/C11H23NOS/c1-3-6-12-11-4-7-13-9-10(11)5-8-14-2/h10-12H,3-9H2,1-2H3. The molecule has 1 rings (SSSR count). The number of ether oxygens (including phenoxy) is 1. The molecule has 0 radical (unpaired) electrons. The molecule has 3 heteroatoms. The average Bonchev–Trinajstić information content (AvgIpc) is 2.24. The van der Waals surface area contributed by atoms with E-state index in [-0.39, 0.29) is 0 Å². The lowest BCUT2D eigenvalue weighted by Crippen LogP contribution is -2.43. The minimum atomic E-state index is 0.704. The van der Waals surface area contributed by atoms with Crippen molar-refractivity contribution < 1.29 is 4.74 Å². The molecule has 2 nitrogen and oxygen atoms in total. The number of thioether (sulfide) groups is 1. The Kier molecular flexibility index (Phi) is 6.65. The second-order valence-corrected chi connectivity index (χ2v) is 4.95. The maximum absolute atomic E-state index is 5.54. The van der Waals surface area contributed by atoms with Crippen LogP contribution in [0.5, 0.6) is 0 Å². The van der Waals surface area contributed by atoms with Crippen LogP contribution >= 0.6 is 11.8 Å². The van der Waals surface area contributed by atoms with Crippen molar-refractivity contribution in [1.82, 2.24) is 5.32 Å². The van der Waals surface area contributed by atoms with Crippen LogP contribution in [0.15, 0.2) is 0 Å². The summed E-state index contributed by atoms with van der Waals surface area (Å²) in [6.45, 7) is 5.28. The highest BCUT2D eigenvalue weighted by Gasteiger charge is 2.24. The van der Waals surface area contributed by atoms with E-state index in [1.165, 1.54) is 25.0 Å². The van der Waals surface area contributed by atoms with E-state index in [2.05, 4.69) is 18.5 Å². The lowest BCUT2D eigenvalue weighted by molar-refractivity contribution is 0.0312. The Labute approximate surface area is 92.2 Å². The lowest BCUT2D eigenvalue weighted by atomic mass is 9.93. The van der Waals surface area contributed by atoms with Crippen molar-refractivity contribution in [3.63, 3.8) is 0 Å². The summed E-state index contributed by atoms with van der Waals surface area (Å²) in [4.78, 5) is 0. The molecule has 0 saturated carbocycles. The van der Waals surface area contributed by atoms with Gasteiger partial charge in [0, 0.05) is 12.6 Å². The van der Waals surface area contributed by atoms with Crippen LogP contribution in [0.1, 0.15) is 26.2 Å². The van der Waals surface area contributed by atoms with Gasteiger partial charge in [0.25, 0.3) is 0 Å². The first kappa shape index (κ1) is 12.3. The smallest absolute Gasteiger partial charge is 0.0509 e. The molecule has 0 amide bonds. The molecular formula is C11H23NOS. The second kappa shape index (κ2) is 7.55. The van der Waals surface area contributed by atoms with Gasteiger partial charge in [0.05, 0.1) is 6.61 Å². The van der Waals surface area contributed by atoms with Crippen molar-refractivity contribution in [2.75, 3.05) is 31.8 Å². The molecule has 1 aliphatic heterocycles. The molecule has 0 aromatic carbocycles. The third-order valence-corrected chi connectivity index (χ3v) is 3.47. The highest BCUT2D eigenvalue weighted by Crippen LogP contribution is 2.19. The van der Waals surface area contributed by atoms with Crippen molar-refractivity contribution in [1.29, 1.82) is 0 Å². The summed E-state index contributed by atoms with van der Waals surface area (Å²) < 4.78 is 5.54. The molecule has 0 aromatic heterocycles. The third-order valence-electron chi connectivity index (χ3n) is 2.82. The summed E-state index contributed by atoms with van der Waals surface area (Å²) in [5.74, 6) is 2.00. The fourth-order valence-electron chi connectivity index (χ4n) is 1.95. The topological polar surface area (TPSA) is 21.3 Å². The number of hydrogen-bond acceptors (Lipinski definition) is 3.